The molecular weight excluding hydrogens is 198 g/mol. The molecule has 0 spiro atoms. The Labute approximate surface area is 90.0 Å². The van der Waals surface area contributed by atoms with E-state index < -0.39 is 11.4 Å². The number of ether oxygens (including phenoxy) is 1. The van der Waals surface area contributed by atoms with Crippen LogP contribution in [0, 0.1) is 5.41 Å². The lowest BCUT2D eigenvalue weighted by Gasteiger charge is -2.28. The van der Waals surface area contributed by atoms with E-state index in [1.807, 2.05) is 6.92 Å². The first-order valence-electron chi connectivity index (χ1n) is 4.89. The SMILES string of the molecule is CCN(CCOC)C(=O)C(C)(C)C(=O)O. The van der Waals surface area contributed by atoms with Gasteiger partial charge in [0.15, 0.2) is 0 Å². The van der Waals surface area contributed by atoms with Crippen LogP contribution in [0.15, 0.2) is 0 Å². The van der Waals surface area contributed by atoms with E-state index in [1.54, 1.807) is 7.11 Å². The largest absolute Gasteiger partial charge is 0.480 e. The van der Waals surface area contributed by atoms with Crippen molar-refractivity contribution in [1.82, 2.24) is 4.90 Å². The minimum Gasteiger partial charge on any atom is -0.480 e. The summed E-state index contributed by atoms with van der Waals surface area (Å²) in [5.41, 5.74) is -1.37. The van der Waals surface area contributed by atoms with Crippen LogP contribution in [0.2, 0.25) is 0 Å². The summed E-state index contributed by atoms with van der Waals surface area (Å²) in [7, 11) is 1.54. The summed E-state index contributed by atoms with van der Waals surface area (Å²) in [6.45, 7) is 5.95. The van der Waals surface area contributed by atoms with E-state index in [0.717, 1.165) is 0 Å². The molecule has 0 saturated heterocycles. The van der Waals surface area contributed by atoms with Gasteiger partial charge in [-0.2, -0.15) is 0 Å². The highest BCUT2D eigenvalue weighted by Gasteiger charge is 2.38. The Bertz CT molecular complexity index is 238. The van der Waals surface area contributed by atoms with E-state index >= 15 is 0 Å². The molecular formula is C10H19NO4. The molecule has 5 heteroatoms. The normalized spacial score (nSPS) is 11.2. The smallest absolute Gasteiger partial charge is 0.318 e. The number of hydrogen-bond acceptors (Lipinski definition) is 3. The van der Waals surface area contributed by atoms with E-state index in [0.29, 0.717) is 19.7 Å². The number of methoxy groups -OCH3 is 1. The van der Waals surface area contributed by atoms with Crippen molar-refractivity contribution >= 4 is 11.9 Å². The second-order valence-corrected chi connectivity index (χ2v) is 3.81. The number of carbonyl (C=O) groups excluding carboxylic acids is 1. The summed E-state index contributed by atoms with van der Waals surface area (Å²) < 4.78 is 4.86. The van der Waals surface area contributed by atoms with Gasteiger partial charge in [0.05, 0.1) is 6.61 Å². The predicted molar refractivity (Wildman–Crippen MR) is 55.5 cm³/mol. The molecule has 0 bridgehead atoms. The van der Waals surface area contributed by atoms with Crippen molar-refractivity contribution in [1.29, 1.82) is 0 Å². The van der Waals surface area contributed by atoms with Crippen molar-refractivity contribution in [3.63, 3.8) is 0 Å². The van der Waals surface area contributed by atoms with E-state index in [1.165, 1.54) is 18.7 Å². The van der Waals surface area contributed by atoms with Crippen LogP contribution < -0.4 is 0 Å². The van der Waals surface area contributed by atoms with Crippen LogP contribution >= 0.6 is 0 Å². The summed E-state index contributed by atoms with van der Waals surface area (Å²) in [4.78, 5) is 24.2. The Morgan fingerprint density at radius 2 is 1.93 bits per heavy atom. The van der Waals surface area contributed by atoms with Gasteiger partial charge >= 0.3 is 5.97 Å². The van der Waals surface area contributed by atoms with Gasteiger partial charge in [-0.15, -0.1) is 0 Å². The maximum Gasteiger partial charge on any atom is 0.318 e. The fourth-order valence-corrected chi connectivity index (χ4v) is 1.09. The third-order valence-electron chi connectivity index (χ3n) is 2.30. The minimum atomic E-state index is -1.37. The zero-order valence-electron chi connectivity index (χ0n) is 9.74. The fraction of sp³-hybridized carbons (Fsp3) is 0.800. The third-order valence-corrected chi connectivity index (χ3v) is 2.30. The zero-order valence-corrected chi connectivity index (χ0v) is 9.74. The average Bonchev–Trinajstić information content (AvgIpc) is 2.18. The molecule has 88 valence electrons. The molecule has 15 heavy (non-hydrogen) atoms. The number of carbonyl (C=O) groups is 2. The second kappa shape index (κ2) is 5.70. The highest BCUT2D eigenvalue weighted by atomic mass is 16.5. The highest BCUT2D eigenvalue weighted by Crippen LogP contribution is 2.18. The molecule has 0 radical (unpaired) electrons. The first-order chi connectivity index (χ1) is 6.87. The van der Waals surface area contributed by atoms with E-state index in [2.05, 4.69) is 0 Å². The lowest BCUT2D eigenvalue weighted by atomic mass is 9.92. The lowest BCUT2D eigenvalue weighted by Crippen LogP contribution is -2.46. The number of likely N-dealkylation sites (N-methyl/N-ethyl adjacent to an activating group) is 1. The van der Waals surface area contributed by atoms with Gasteiger partial charge in [-0.25, -0.2) is 0 Å². The summed E-state index contributed by atoms with van der Waals surface area (Å²) >= 11 is 0. The Morgan fingerprint density at radius 1 is 1.40 bits per heavy atom. The Morgan fingerprint density at radius 3 is 2.27 bits per heavy atom. The zero-order chi connectivity index (χ0) is 12.1. The van der Waals surface area contributed by atoms with Crippen molar-refractivity contribution in [2.75, 3.05) is 26.8 Å². The molecule has 0 aliphatic carbocycles. The molecule has 0 unspecified atom stereocenters. The van der Waals surface area contributed by atoms with Crippen LogP contribution in [-0.4, -0.2) is 48.7 Å². The quantitative estimate of drug-likeness (QED) is 0.661. The molecule has 5 nitrogen and oxygen atoms in total. The summed E-state index contributed by atoms with van der Waals surface area (Å²) in [5.74, 6) is -1.49. The van der Waals surface area contributed by atoms with Gasteiger partial charge in [0.25, 0.3) is 0 Å². The number of rotatable bonds is 6. The molecule has 1 amide bonds. The Kier molecular flexibility index (Phi) is 5.28. The van der Waals surface area contributed by atoms with Gasteiger partial charge in [0, 0.05) is 20.2 Å². The molecule has 0 aromatic heterocycles. The Balaban J connectivity index is 4.57. The van der Waals surface area contributed by atoms with Gasteiger partial charge in [0.1, 0.15) is 5.41 Å². The molecule has 0 heterocycles. The lowest BCUT2D eigenvalue weighted by molar-refractivity contribution is -0.158. The molecule has 0 aromatic carbocycles. The van der Waals surface area contributed by atoms with Crippen LogP contribution in [0.3, 0.4) is 0 Å². The van der Waals surface area contributed by atoms with Crippen LogP contribution in [0.1, 0.15) is 20.8 Å². The standard InChI is InChI=1S/C10H19NO4/c1-5-11(6-7-15-4)8(12)10(2,3)9(13)14/h5-7H2,1-4H3,(H,13,14). The molecule has 0 fully saturated rings. The van der Waals surface area contributed by atoms with Crippen molar-refractivity contribution in [2.45, 2.75) is 20.8 Å². The van der Waals surface area contributed by atoms with Gasteiger partial charge in [-0.3, -0.25) is 9.59 Å². The van der Waals surface area contributed by atoms with Gasteiger partial charge < -0.3 is 14.7 Å². The minimum absolute atomic E-state index is 0.380. The van der Waals surface area contributed by atoms with Crippen LogP contribution in [-0.2, 0) is 14.3 Å². The number of aliphatic carboxylic acids is 1. The van der Waals surface area contributed by atoms with Crippen molar-refractivity contribution < 1.29 is 19.4 Å². The monoisotopic (exact) mass is 217 g/mol. The molecule has 0 aromatic rings. The topological polar surface area (TPSA) is 66.8 Å². The number of carboxylic acids is 1. The van der Waals surface area contributed by atoms with Gasteiger partial charge in [0.2, 0.25) is 5.91 Å². The van der Waals surface area contributed by atoms with Crippen LogP contribution in [0.25, 0.3) is 0 Å². The first kappa shape index (κ1) is 13.9. The van der Waals surface area contributed by atoms with E-state index in [9.17, 15) is 9.59 Å². The molecule has 0 aliphatic heterocycles. The van der Waals surface area contributed by atoms with Crippen molar-refractivity contribution in [3.05, 3.63) is 0 Å². The maximum absolute atomic E-state index is 11.8. The van der Waals surface area contributed by atoms with Crippen LogP contribution in [0.5, 0.6) is 0 Å². The average molecular weight is 217 g/mol. The predicted octanol–water partition coefficient (Wildman–Crippen LogP) is 0.592. The molecule has 0 atom stereocenters. The van der Waals surface area contributed by atoms with E-state index in [-0.39, 0.29) is 5.91 Å². The summed E-state index contributed by atoms with van der Waals surface area (Å²) in [6, 6.07) is 0. The van der Waals surface area contributed by atoms with Gasteiger partial charge in [-0.1, -0.05) is 0 Å². The number of amides is 1. The van der Waals surface area contributed by atoms with Gasteiger partial charge in [-0.05, 0) is 20.8 Å². The van der Waals surface area contributed by atoms with Crippen molar-refractivity contribution in [2.24, 2.45) is 5.41 Å². The first-order valence-corrected chi connectivity index (χ1v) is 4.89. The fourth-order valence-electron chi connectivity index (χ4n) is 1.09. The molecule has 0 saturated carbocycles. The number of nitrogens with zero attached hydrogens (tertiary/aromatic N) is 1. The number of carboxylic acid groups (broad SMARTS) is 1. The molecule has 1 N–H and O–H groups in total. The second-order valence-electron chi connectivity index (χ2n) is 3.81. The maximum atomic E-state index is 11.8. The summed E-state index contributed by atoms with van der Waals surface area (Å²) in [6.07, 6.45) is 0. The van der Waals surface area contributed by atoms with E-state index in [4.69, 9.17) is 9.84 Å². The van der Waals surface area contributed by atoms with Crippen molar-refractivity contribution in [3.8, 4) is 0 Å². The molecule has 0 aliphatic rings. The highest BCUT2D eigenvalue weighted by molar-refractivity contribution is 6.00. The Hall–Kier alpha value is -1.10. The summed E-state index contributed by atoms with van der Waals surface area (Å²) in [5, 5.41) is 8.90. The molecule has 0 rings (SSSR count). The number of hydrogen-bond donors (Lipinski definition) is 1. The van der Waals surface area contributed by atoms with Crippen LogP contribution in [0.4, 0.5) is 0 Å². The third kappa shape index (κ3) is 3.51.